The van der Waals surface area contributed by atoms with Gasteiger partial charge in [-0.2, -0.15) is 0 Å². The normalized spacial score (nSPS) is 11.9. The first kappa shape index (κ1) is 22.5. The van der Waals surface area contributed by atoms with Crippen LogP contribution in [0.1, 0.15) is 30.8 Å². The molecule has 1 aromatic heterocycles. The summed E-state index contributed by atoms with van der Waals surface area (Å²) in [5.41, 5.74) is 4.20. The molecular formula is C25H30N4O2. The van der Waals surface area contributed by atoms with E-state index in [2.05, 4.69) is 52.2 Å². The lowest BCUT2D eigenvalue weighted by atomic mass is 10.1. The van der Waals surface area contributed by atoms with Gasteiger partial charge in [0.15, 0.2) is 0 Å². The maximum atomic E-state index is 10.6. The number of imidazole rings is 1. The highest BCUT2D eigenvalue weighted by Gasteiger charge is 2.20. The second-order valence-electron chi connectivity index (χ2n) is 7.62. The van der Waals surface area contributed by atoms with Crippen LogP contribution in [0.15, 0.2) is 79.0 Å². The van der Waals surface area contributed by atoms with Crippen LogP contribution in [0.3, 0.4) is 0 Å². The number of hydrogen-bond donors (Lipinski definition) is 3. The van der Waals surface area contributed by atoms with Gasteiger partial charge in [0.05, 0.1) is 18.3 Å². The molecule has 1 atom stereocenters. The molecule has 0 radical (unpaired) electrons. The van der Waals surface area contributed by atoms with Crippen molar-refractivity contribution in [3.63, 3.8) is 0 Å². The van der Waals surface area contributed by atoms with Gasteiger partial charge in [-0.15, -0.1) is 0 Å². The third kappa shape index (κ3) is 6.64. The number of benzene rings is 2. The first-order valence-electron chi connectivity index (χ1n) is 10.5. The van der Waals surface area contributed by atoms with E-state index in [1.165, 1.54) is 5.56 Å². The van der Waals surface area contributed by atoms with E-state index in [9.17, 15) is 4.79 Å². The van der Waals surface area contributed by atoms with Crippen LogP contribution in [0, 0.1) is 0 Å². The standard InChI is InChI=1S/C25H30N4O2/c1-19(2)24(27-15-9-14-26-16-23(30)31)25-28-22(21-12-7-4-8-13-21)18-29(25)17-20-10-5-3-6-11-20/h3-8,10-13,18,24,26-27H,1,9,14-17H2,2H3,(H,30,31)/t24-/m1/s1. The summed E-state index contributed by atoms with van der Waals surface area (Å²) in [6.45, 7) is 8.26. The van der Waals surface area contributed by atoms with Gasteiger partial charge in [-0.1, -0.05) is 72.8 Å². The van der Waals surface area contributed by atoms with Gasteiger partial charge in [-0.05, 0) is 32.0 Å². The lowest BCUT2D eigenvalue weighted by molar-refractivity contribution is -0.135. The van der Waals surface area contributed by atoms with E-state index in [1.54, 1.807) is 0 Å². The van der Waals surface area contributed by atoms with E-state index in [4.69, 9.17) is 10.1 Å². The van der Waals surface area contributed by atoms with Crippen molar-refractivity contribution in [2.75, 3.05) is 19.6 Å². The molecule has 0 aliphatic rings. The molecule has 6 nitrogen and oxygen atoms in total. The Hall–Kier alpha value is -3.22. The van der Waals surface area contributed by atoms with Crippen molar-refractivity contribution in [3.05, 3.63) is 90.4 Å². The van der Waals surface area contributed by atoms with Crippen LogP contribution in [0.2, 0.25) is 0 Å². The molecule has 31 heavy (non-hydrogen) atoms. The van der Waals surface area contributed by atoms with Crippen molar-refractivity contribution in [2.24, 2.45) is 0 Å². The molecule has 0 aliphatic carbocycles. The molecule has 162 valence electrons. The smallest absolute Gasteiger partial charge is 0.317 e. The second kappa shape index (κ2) is 11.2. The molecule has 0 saturated heterocycles. The van der Waals surface area contributed by atoms with Crippen LogP contribution in [-0.2, 0) is 11.3 Å². The van der Waals surface area contributed by atoms with Crippen LogP contribution in [0.4, 0.5) is 0 Å². The molecule has 0 aliphatic heterocycles. The van der Waals surface area contributed by atoms with Crippen molar-refractivity contribution >= 4 is 5.97 Å². The summed E-state index contributed by atoms with van der Waals surface area (Å²) in [6, 6.07) is 20.4. The zero-order valence-electron chi connectivity index (χ0n) is 17.9. The van der Waals surface area contributed by atoms with E-state index in [1.807, 2.05) is 43.3 Å². The molecule has 0 fully saturated rings. The van der Waals surface area contributed by atoms with Crippen LogP contribution >= 0.6 is 0 Å². The van der Waals surface area contributed by atoms with E-state index in [0.29, 0.717) is 6.54 Å². The third-order valence-corrected chi connectivity index (χ3v) is 4.98. The summed E-state index contributed by atoms with van der Waals surface area (Å²) in [7, 11) is 0. The SMILES string of the molecule is C=C(C)[C@@H](NCCCNCC(=O)O)c1nc(-c2ccccc2)cn1Cc1ccccc1. The average molecular weight is 419 g/mol. The molecule has 6 heteroatoms. The lowest BCUT2D eigenvalue weighted by Crippen LogP contribution is -2.30. The predicted octanol–water partition coefficient (Wildman–Crippen LogP) is 3.87. The minimum Gasteiger partial charge on any atom is -0.480 e. The number of nitrogens with zero attached hydrogens (tertiary/aromatic N) is 2. The summed E-state index contributed by atoms with van der Waals surface area (Å²) in [6.07, 6.45) is 2.91. The van der Waals surface area contributed by atoms with E-state index in [-0.39, 0.29) is 12.6 Å². The van der Waals surface area contributed by atoms with Gasteiger partial charge in [0.2, 0.25) is 0 Å². The van der Waals surface area contributed by atoms with Gasteiger partial charge in [-0.3, -0.25) is 4.79 Å². The molecule has 1 heterocycles. The highest BCUT2D eigenvalue weighted by molar-refractivity contribution is 5.68. The molecule has 3 rings (SSSR count). The minimum absolute atomic E-state index is 0.0220. The number of aromatic nitrogens is 2. The van der Waals surface area contributed by atoms with Crippen LogP contribution < -0.4 is 10.6 Å². The molecule has 3 N–H and O–H groups in total. The van der Waals surface area contributed by atoms with Gasteiger partial charge >= 0.3 is 5.97 Å². The first-order chi connectivity index (χ1) is 15.0. The fourth-order valence-corrected chi connectivity index (χ4v) is 3.46. The number of carboxylic acids is 1. The van der Waals surface area contributed by atoms with Gasteiger partial charge < -0.3 is 20.3 Å². The summed E-state index contributed by atoms with van der Waals surface area (Å²) < 4.78 is 2.19. The quantitative estimate of drug-likeness (QED) is 0.307. The van der Waals surface area contributed by atoms with Gasteiger partial charge in [0.25, 0.3) is 0 Å². The average Bonchev–Trinajstić information content (AvgIpc) is 3.17. The molecule has 0 unspecified atom stereocenters. The zero-order chi connectivity index (χ0) is 22.1. The van der Waals surface area contributed by atoms with E-state index < -0.39 is 5.97 Å². The Morgan fingerprint density at radius 2 is 1.77 bits per heavy atom. The van der Waals surface area contributed by atoms with Crippen molar-refractivity contribution in [2.45, 2.75) is 25.9 Å². The number of carbonyl (C=O) groups is 1. The summed E-state index contributed by atoms with van der Waals surface area (Å²) in [5.74, 6) is 0.0813. The van der Waals surface area contributed by atoms with Gasteiger partial charge in [0.1, 0.15) is 5.82 Å². The first-order valence-corrected chi connectivity index (χ1v) is 10.5. The Morgan fingerprint density at radius 3 is 2.42 bits per heavy atom. The van der Waals surface area contributed by atoms with Crippen LogP contribution in [0.5, 0.6) is 0 Å². The minimum atomic E-state index is -0.843. The summed E-state index contributed by atoms with van der Waals surface area (Å²) >= 11 is 0. The topological polar surface area (TPSA) is 79.2 Å². The van der Waals surface area contributed by atoms with Gasteiger partial charge in [-0.25, -0.2) is 4.98 Å². The van der Waals surface area contributed by atoms with E-state index in [0.717, 1.165) is 42.2 Å². The van der Waals surface area contributed by atoms with Crippen molar-refractivity contribution in [1.29, 1.82) is 0 Å². The molecular weight excluding hydrogens is 388 g/mol. The Morgan fingerprint density at radius 1 is 1.10 bits per heavy atom. The summed E-state index contributed by atoms with van der Waals surface area (Å²) in [4.78, 5) is 15.6. The Labute approximate surface area is 183 Å². The maximum absolute atomic E-state index is 10.6. The number of rotatable bonds is 12. The monoisotopic (exact) mass is 418 g/mol. The number of hydrogen-bond acceptors (Lipinski definition) is 4. The highest BCUT2D eigenvalue weighted by Crippen LogP contribution is 2.26. The van der Waals surface area contributed by atoms with Gasteiger partial charge in [0, 0.05) is 18.3 Å². The third-order valence-electron chi connectivity index (χ3n) is 4.98. The van der Waals surface area contributed by atoms with E-state index >= 15 is 0 Å². The predicted molar refractivity (Wildman–Crippen MR) is 124 cm³/mol. The highest BCUT2D eigenvalue weighted by atomic mass is 16.4. The lowest BCUT2D eigenvalue weighted by Gasteiger charge is -2.20. The van der Waals surface area contributed by atoms with Crippen molar-refractivity contribution in [3.8, 4) is 11.3 Å². The molecule has 0 spiro atoms. The number of aliphatic carboxylic acids is 1. The number of carboxylic acid groups (broad SMARTS) is 1. The summed E-state index contributed by atoms with van der Waals surface area (Å²) in [5, 5.41) is 15.2. The molecule has 2 aromatic carbocycles. The number of nitrogens with one attached hydrogen (secondary N) is 2. The fraction of sp³-hybridized carbons (Fsp3) is 0.280. The zero-order valence-corrected chi connectivity index (χ0v) is 17.9. The maximum Gasteiger partial charge on any atom is 0.317 e. The Kier molecular flexibility index (Phi) is 8.15. The Bertz CT molecular complexity index is 983. The largest absolute Gasteiger partial charge is 0.480 e. The molecule has 0 amide bonds. The molecule has 3 aromatic rings. The van der Waals surface area contributed by atoms with Crippen molar-refractivity contribution in [1.82, 2.24) is 20.2 Å². The second-order valence-corrected chi connectivity index (χ2v) is 7.62. The fourth-order valence-electron chi connectivity index (χ4n) is 3.46. The van der Waals surface area contributed by atoms with Crippen LogP contribution in [-0.4, -0.2) is 40.3 Å². The Balaban J connectivity index is 1.80. The molecule has 0 saturated carbocycles. The molecule has 0 bridgehead atoms. The van der Waals surface area contributed by atoms with Crippen LogP contribution in [0.25, 0.3) is 11.3 Å². The van der Waals surface area contributed by atoms with Crippen molar-refractivity contribution < 1.29 is 9.90 Å².